The maximum atomic E-state index is 13.7. The van der Waals surface area contributed by atoms with Gasteiger partial charge in [0.2, 0.25) is 11.8 Å². The molecule has 0 radical (unpaired) electrons. The number of benzene rings is 1. The highest BCUT2D eigenvalue weighted by molar-refractivity contribution is 6.02. The van der Waals surface area contributed by atoms with Crippen LogP contribution in [0.2, 0.25) is 0 Å². The minimum absolute atomic E-state index is 0.0208. The third-order valence-electron chi connectivity index (χ3n) is 7.40. The first-order chi connectivity index (χ1) is 22.6. The molecule has 1 aromatic heterocycles. The van der Waals surface area contributed by atoms with Crippen molar-refractivity contribution >= 4 is 23.7 Å². The minimum atomic E-state index is -5.08. The Balaban J connectivity index is 0.000000804. The van der Waals surface area contributed by atoms with E-state index in [1.54, 1.807) is 35.2 Å². The quantitative estimate of drug-likeness (QED) is 0.247. The molecule has 2 saturated heterocycles. The van der Waals surface area contributed by atoms with Gasteiger partial charge in [-0.25, -0.2) is 13.6 Å². The van der Waals surface area contributed by atoms with Gasteiger partial charge >= 0.3 is 12.1 Å². The second kappa shape index (κ2) is 16.8. The molecular formula is C30H34F5N7O6. The molecule has 2 fully saturated rings. The van der Waals surface area contributed by atoms with E-state index in [4.69, 9.17) is 25.6 Å². The molecule has 0 spiro atoms. The van der Waals surface area contributed by atoms with Crippen molar-refractivity contribution < 1.29 is 51.0 Å². The van der Waals surface area contributed by atoms with E-state index in [0.717, 1.165) is 31.0 Å². The van der Waals surface area contributed by atoms with Crippen LogP contribution in [0.25, 0.3) is 11.1 Å². The van der Waals surface area contributed by atoms with Gasteiger partial charge in [-0.2, -0.15) is 18.4 Å². The van der Waals surface area contributed by atoms with Gasteiger partial charge in [-0.1, -0.05) is 12.1 Å². The Morgan fingerprint density at radius 2 is 1.73 bits per heavy atom. The number of nitriles is 1. The van der Waals surface area contributed by atoms with Gasteiger partial charge in [0.25, 0.3) is 11.8 Å². The van der Waals surface area contributed by atoms with E-state index in [0.29, 0.717) is 36.6 Å². The summed E-state index contributed by atoms with van der Waals surface area (Å²) < 4.78 is 64.9. The van der Waals surface area contributed by atoms with E-state index in [-0.39, 0.29) is 18.0 Å². The molecule has 4 rings (SSSR count). The SMILES string of the molecule is N#C[C@@H]1CC(F)(F)CN1C(=O)CNC(=O)c1ccncc1-c1ccc(OCCCN2CCN(C(=O)CN)CC2)cc1.O=C(O)C(F)(F)F. The second-order valence-electron chi connectivity index (χ2n) is 10.8. The van der Waals surface area contributed by atoms with Crippen molar-refractivity contribution in [1.29, 1.82) is 5.26 Å². The zero-order valence-corrected chi connectivity index (χ0v) is 25.6. The molecule has 13 nitrogen and oxygen atoms in total. The van der Waals surface area contributed by atoms with E-state index >= 15 is 0 Å². The first kappa shape index (κ1) is 37.6. The fourth-order valence-corrected chi connectivity index (χ4v) is 4.93. The Morgan fingerprint density at radius 3 is 2.31 bits per heavy atom. The van der Waals surface area contributed by atoms with Crippen LogP contribution in [0.1, 0.15) is 23.2 Å². The number of aliphatic carboxylic acids is 1. The molecule has 0 saturated carbocycles. The van der Waals surface area contributed by atoms with Gasteiger partial charge in [0.1, 0.15) is 11.8 Å². The number of halogens is 5. The highest BCUT2D eigenvalue weighted by Gasteiger charge is 2.47. The molecule has 2 aliphatic heterocycles. The van der Waals surface area contributed by atoms with Crippen LogP contribution in [0.5, 0.6) is 5.75 Å². The van der Waals surface area contributed by atoms with Crippen molar-refractivity contribution in [3.8, 4) is 22.9 Å². The number of alkyl halides is 5. The number of hydrogen-bond acceptors (Lipinski definition) is 9. The van der Waals surface area contributed by atoms with Crippen LogP contribution in [0.3, 0.4) is 0 Å². The molecule has 260 valence electrons. The lowest BCUT2D eigenvalue weighted by Gasteiger charge is -2.34. The van der Waals surface area contributed by atoms with Gasteiger partial charge in [-0.3, -0.25) is 24.3 Å². The van der Waals surface area contributed by atoms with Crippen molar-refractivity contribution in [1.82, 2.24) is 25.0 Å². The number of likely N-dealkylation sites (tertiary alicyclic amines) is 1. The number of carbonyl (C=O) groups excluding carboxylic acids is 3. The summed E-state index contributed by atoms with van der Waals surface area (Å²) >= 11 is 0. The van der Waals surface area contributed by atoms with Gasteiger partial charge < -0.3 is 30.7 Å². The summed E-state index contributed by atoms with van der Waals surface area (Å²) in [7, 11) is 0. The van der Waals surface area contributed by atoms with Crippen LogP contribution in [0.4, 0.5) is 22.0 Å². The van der Waals surface area contributed by atoms with Crippen LogP contribution in [0, 0.1) is 11.3 Å². The van der Waals surface area contributed by atoms with Crippen LogP contribution < -0.4 is 15.8 Å². The Kier molecular flexibility index (Phi) is 13.1. The number of amides is 3. The number of rotatable bonds is 10. The van der Waals surface area contributed by atoms with Crippen molar-refractivity contribution in [3.63, 3.8) is 0 Å². The standard InChI is InChI=1S/C28H33F2N7O4.C2HF3O2/c29-28(30)14-21(15-31)37(19-28)26(39)18-34-27(40)23-6-7-33-17-24(23)20-2-4-22(5-3-20)41-13-1-8-35-9-11-36(12-10-35)25(38)16-32;3-2(4,5)1(6)7/h2-7,17,21H,1,8-14,16,18-19,32H2,(H,34,40);(H,6,7)/t21-;/m0./s1. The number of hydrogen-bond donors (Lipinski definition) is 3. The van der Waals surface area contributed by atoms with Crippen molar-refractivity contribution in [2.75, 3.05) is 59.0 Å². The Labute approximate surface area is 272 Å². The largest absolute Gasteiger partial charge is 0.494 e. The van der Waals surface area contributed by atoms with Crippen molar-refractivity contribution in [3.05, 3.63) is 48.3 Å². The van der Waals surface area contributed by atoms with Crippen molar-refractivity contribution in [2.24, 2.45) is 5.73 Å². The molecule has 0 unspecified atom stereocenters. The molecule has 18 heteroatoms. The van der Waals surface area contributed by atoms with E-state index in [1.807, 2.05) is 0 Å². The summed E-state index contributed by atoms with van der Waals surface area (Å²) in [5.41, 5.74) is 6.92. The molecule has 1 aromatic carbocycles. The summed E-state index contributed by atoms with van der Waals surface area (Å²) in [5.74, 6) is -6.55. The number of nitrogens with one attached hydrogen (secondary N) is 1. The first-order valence-electron chi connectivity index (χ1n) is 14.7. The predicted molar refractivity (Wildman–Crippen MR) is 159 cm³/mol. The number of pyridine rings is 1. The molecular weight excluding hydrogens is 649 g/mol. The van der Waals surface area contributed by atoms with Gasteiger partial charge in [0.15, 0.2) is 0 Å². The number of carboxylic acids is 1. The monoisotopic (exact) mass is 683 g/mol. The highest BCUT2D eigenvalue weighted by Crippen LogP contribution is 2.31. The number of aromatic nitrogens is 1. The number of ether oxygens (including phenoxy) is 1. The Morgan fingerprint density at radius 1 is 1.08 bits per heavy atom. The second-order valence-corrected chi connectivity index (χ2v) is 10.8. The predicted octanol–water partition coefficient (Wildman–Crippen LogP) is 1.74. The lowest BCUT2D eigenvalue weighted by Crippen LogP contribution is -2.50. The summed E-state index contributed by atoms with van der Waals surface area (Å²) in [6, 6.07) is 9.18. The normalized spacial score (nSPS) is 17.5. The van der Waals surface area contributed by atoms with Crippen LogP contribution >= 0.6 is 0 Å². The molecule has 48 heavy (non-hydrogen) atoms. The van der Waals surface area contributed by atoms with E-state index in [2.05, 4.69) is 15.2 Å². The average molecular weight is 684 g/mol. The Hall–Kier alpha value is -4.89. The lowest BCUT2D eigenvalue weighted by molar-refractivity contribution is -0.192. The summed E-state index contributed by atoms with van der Waals surface area (Å²) in [4.78, 5) is 54.9. The fourth-order valence-electron chi connectivity index (χ4n) is 4.93. The van der Waals surface area contributed by atoms with Crippen LogP contribution in [0.15, 0.2) is 42.7 Å². The number of piperazine rings is 1. The zero-order chi connectivity index (χ0) is 35.5. The third kappa shape index (κ3) is 10.8. The molecule has 1 atom stereocenters. The van der Waals surface area contributed by atoms with Crippen molar-refractivity contribution in [2.45, 2.75) is 31.0 Å². The van der Waals surface area contributed by atoms with E-state index < -0.39 is 55.4 Å². The average Bonchev–Trinajstić information content (AvgIpc) is 3.40. The number of nitrogens with zero attached hydrogens (tertiary/aromatic N) is 5. The third-order valence-corrected chi connectivity index (χ3v) is 7.40. The summed E-state index contributed by atoms with van der Waals surface area (Å²) in [6.07, 6.45) is -2.00. The van der Waals surface area contributed by atoms with Gasteiger partial charge in [-0.15, -0.1) is 0 Å². The number of carbonyl (C=O) groups is 4. The maximum absolute atomic E-state index is 13.7. The van der Waals surface area contributed by atoms with Gasteiger partial charge in [0.05, 0.1) is 37.9 Å². The van der Waals surface area contributed by atoms with Crippen LogP contribution in [-0.2, 0) is 14.4 Å². The molecule has 0 aliphatic carbocycles. The molecule has 2 aromatic rings. The van der Waals surface area contributed by atoms with E-state index in [1.165, 1.54) is 18.5 Å². The summed E-state index contributed by atoms with van der Waals surface area (Å²) in [5, 5.41) is 18.7. The molecule has 2 aliphatic rings. The minimum Gasteiger partial charge on any atom is -0.494 e. The fraction of sp³-hybridized carbons (Fsp3) is 0.467. The number of nitrogens with two attached hydrogens (primary N) is 1. The van der Waals surface area contributed by atoms with Crippen LogP contribution in [-0.4, -0.2) is 126 Å². The molecule has 3 heterocycles. The summed E-state index contributed by atoms with van der Waals surface area (Å²) in [6.45, 7) is 3.05. The number of carboxylic acid groups (broad SMARTS) is 1. The zero-order valence-electron chi connectivity index (χ0n) is 25.6. The smallest absolute Gasteiger partial charge is 0.490 e. The first-order valence-corrected chi connectivity index (χ1v) is 14.7. The Bertz CT molecular complexity index is 1480. The van der Waals surface area contributed by atoms with E-state index in [9.17, 15) is 36.3 Å². The highest BCUT2D eigenvalue weighted by atomic mass is 19.4. The molecule has 3 amide bonds. The maximum Gasteiger partial charge on any atom is 0.490 e. The van der Waals surface area contributed by atoms with Gasteiger partial charge in [0, 0.05) is 57.1 Å². The topological polar surface area (TPSA) is 182 Å². The molecule has 0 bridgehead atoms. The molecule has 4 N–H and O–H groups in total. The lowest BCUT2D eigenvalue weighted by atomic mass is 10.0. The van der Waals surface area contributed by atoms with Gasteiger partial charge in [-0.05, 0) is 30.2 Å².